The van der Waals surface area contributed by atoms with Crippen LogP contribution in [-0.4, -0.2) is 27.8 Å². The average molecular weight is 361 g/mol. The molecule has 2 N–H and O–H groups in total. The fourth-order valence-corrected chi connectivity index (χ4v) is 3.02. The number of fused-ring (bicyclic) bond motifs is 1. The van der Waals surface area contributed by atoms with Crippen molar-refractivity contribution in [3.63, 3.8) is 0 Å². The van der Waals surface area contributed by atoms with E-state index < -0.39 is 5.82 Å². The van der Waals surface area contributed by atoms with Crippen LogP contribution < -0.4 is 5.32 Å². The number of pyridine rings is 1. The van der Waals surface area contributed by atoms with Crippen LogP contribution in [-0.2, 0) is 12.8 Å². The summed E-state index contributed by atoms with van der Waals surface area (Å²) >= 11 is 5.83. The quantitative estimate of drug-likeness (QED) is 0.490. The number of hydrogen-bond acceptors (Lipinski definition) is 4. The normalized spacial score (nSPS) is 15.6. The van der Waals surface area contributed by atoms with Crippen molar-refractivity contribution in [2.24, 2.45) is 10.1 Å². The molecule has 130 valence electrons. The summed E-state index contributed by atoms with van der Waals surface area (Å²) in [6.45, 7) is 4.01. The third-order valence-electron chi connectivity index (χ3n) is 3.86. The first kappa shape index (κ1) is 17.4. The first-order chi connectivity index (χ1) is 12.0. The summed E-state index contributed by atoms with van der Waals surface area (Å²) in [5.74, 6) is 1.08. The lowest BCUT2D eigenvalue weighted by Gasteiger charge is -2.09. The van der Waals surface area contributed by atoms with Crippen molar-refractivity contribution in [1.29, 1.82) is 0 Å². The Hall–Kier alpha value is -2.47. The van der Waals surface area contributed by atoms with E-state index in [0.717, 1.165) is 28.3 Å². The third-order valence-corrected chi connectivity index (χ3v) is 4.15. The van der Waals surface area contributed by atoms with E-state index in [4.69, 9.17) is 11.6 Å². The van der Waals surface area contributed by atoms with Gasteiger partial charge in [0, 0.05) is 36.2 Å². The van der Waals surface area contributed by atoms with Gasteiger partial charge in [-0.3, -0.25) is 4.99 Å². The van der Waals surface area contributed by atoms with Gasteiger partial charge in [-0.1, -0.05) is 22.8 Å². The highest BCUT2D eigenvalue weighted by atomic mass is 35.5. The van der Waals surface area contributed by atoms with Crippen LogP contribution >= 0.6 is 11.6 Å². The lowest BCUT2D eigenvalue weighted by Crippen LogP contribution is -2.10. The molecule has 1 aromatic heterocycles. The zero-order valence-electron chi connectivity index (χ0n) is 13.9. The smallest absolute Gasteiger partial charge is 0.141 e. The second-order valence-corrected chi connectivity index (χ2v) is 6.54. The Balaban J connectivity index is 1.91. The number of hydrogen-bond donors (Lipinski definition) is 2. The Kier molecular flexibility index (Phi) is 4.99. The summed E-state index contributed by atoms with van der Waals surface area (Å²) in [5, 5.41) is 16.2. The van der Waals surface area contributed by atoms with Crippen LogP contribution in [0.1, 0.15) is 30.5 Å². The van der Waals surface area contributed by atoms with Gasteiger partial charge in [0.25, 0.3) is 0 Å². The Morgan fingerprint density at radius 1 is 1.40 bits per heavy atom. The van der Waals surface area contributed by atoms with Crippen molar-refractivity contribution in [2.75, 3.05) is 5.32 Å². The van der Waals surface area contributed by atoms with E-state index in [1.54, 1.807) is 18.3 Å². The van der Waals surface area contributed by atoms with E-state index in [2.05, 4.69) is 20.4 Å². The highest BCUT2D eigenvalue weighted by molar-refractivity contribution is 6.30. The lowest BCUT2D eigenvalue weighted by molar-refractivity contribution is 0.318. The number of amidine groups is 1. The second kappa shape index (κ2) is 7.19. The molecule has 1 aromatic carbocycles. The topological polar surface area (TPSA) is 69.9 Å². The van der Waals surface area contributed by atoms with E-state index in [-0.39, 0.29) is 11.1 Å². The molecule has 0 aliphatic carbocycles. The van der Waals surface area contributed by atoms with Gasteiger partial charge in [-0.05, 0) is 37.6 Å². The molecule has 1 aliphatic rings. The summed E-state index contributed by atoms with van der Waals surface area (Å²) in [7, 11) is 0. The lowest BCUT2D eigenvalue weighted by atomic mass is 9.98. The molecule has 1 aliphatic heterocycles. The van der Waals surface area contributed by atoms with Gasteiger partial charge in [0.15, 0.2) is 0 Å². The molecule has 0 saturated carbocycles. The van der Waals surface area contributed by atoms with Crippen LogP contribution in [0.25, 0.3) is 0 Å². The molecule has 7 heteroatoms. The fraction of sp³-hybridized carbons (Fsp3) is 0.278. The molecule has 3 rings (SSSR count). The van der Waals surface area contributed by atoms with Crippen LogP contribution in [0.4, 0.5) is 10.2 Å². The zero-order chi connectivity index (χ0) is 18.0. The van der Waals surface area contributed by atoms with E-state index in [9.17, 15) is 9.60 Å². The molecule has 2 heterocycles. The summed E-state index contributed by atoms with van der Waals surface area (Å²) in [6, 6.07) is 6.44. The molecule has 0 atom stereocenters. The maximum absolute atomic E-state index is 13.3. The first-order valence-corrected chi connectivity index (χ1v) is 8.32. The second-order valence-electron chi connectivity index (χ2n) is 6.13. The number of oxime groups is 1. The molecule has 0 amide bonds. The maximum Gasteiger partial charge on any atom is 0.141 e. The van der Waals surface area contributed by atoms with Crippen LogP contribution in [0.15, 0.2) is 40.6 Å². The van der Waals surface area contributed by atoms with E-state index >= 15 is 0 Å². The van der Waals surface area contributed by atoms with Gasteiger partial charge in [-0.2, -0.15) is 0 Å². The average Bonchev–Trinajstić information content (AvgIpc) is 2.97. The monoisotopic (exact) mass is 360 g/mol. The van der Waals surface area contributed by atoms with Gasteiger partial charge >= 0.3 is 0 Å². The van der Waals surface area contributed by atoms with Crippen LogP contribution in [0.3, 0.4) is 0 Å². The molecule has 0 fully saturated rings. The fourth-order valence-electron chi connectivity index (χ4n) is 2.81. The number of aliphatic imine (C=N–C) groups is 1. The molecule has 0 radical (unpaired) electrons. The van der Waals surface area contributed by atoms with E-state index in [1.807, 2.05) is 13.8 Å². The minimum absolute atomic E-state index is 0.0442. The number of anilines is 1. The third kappa shape index (κ3) is 3.79. The number of nitrogens with zero attached hydrogens (tertiary/aromatic N) is 3. The molecule has 2 aromatic rings. The van der Waals surface area contributed by atoms with Crippen molar-refractivity contribution >= 4 is 29.0 Å². The van der Waals surface area contributed by atoms with Crippen molar-refractivity contribution in [3.8, 4) is 0 Å². The Morgan fingerprint density at radius 3 is 2.88 bits per heavy atom. The van der Waals surface area contributed by atoms with E-state index in [0.29, 0.717) is 18.6 Å². The molecule has 25 heavy (non-hydrogen) atoms. The molecule has 0 unspecified atom stereocenters. The van der Waals surface area contributed by atoms with E-state index in [1.165, 1.54) is 12.1 Å². The Labute approximate surface area is 150 Å². The largest absolute Gasteiger partial charge is 0.411 e. The van der Waals surface area contributed by atoms with Crippen molar-refractivity contribution in [1.82, 2.24) is 4.98 Å². The van der Waals surface area contributed by atoms with Crippen molar-refractivity contribution in [2.45, 2.75) is 32.7 Å². The van der Waals surface area contributed by atoms with Crippen molar-refractivity contribution in [3.05, 3.63) is 58.0 Å². The number of benzene rings is 1. The summed E-state index contributed by atoms with van der Waals surface area (Å²) in [5.41, 5.74) is 2.94. The number of nitrogens with one attached hydrogen (secondary N) is 1. The predicted octanol–water partition coefficient (Wildman–Crippen LogP) is 4.07. The minimum Gasteiger partial charge on any atom is -0.411 e. The molecule has 0 spiro atoms. The van der Waals surface area contributed by atoms with Gasteiger partial charge in [0.1, 0.15) is 17.5 Å². The van der Waals surface area contributed by atoms with Gasteiger partial charge in [-0.25, -0.2) is 9.37 Å². The highest BCUT2D eigenvalue weighted by Gasteiger charge is 2.23. The molecule has 0 bridgehead atoms. The van der Waals surface area contributed by atoms with Gasteiger partial charge in [0.05, 0.1) is 10.7 Å². The summed E-state index contributed by atoms with van der Waals surface area (Å²) in [4.78, 5) is 8.85. The Morgan fingerprint density at radius 2 is 2.20 bits per heavy atom. The molecular weight excluding hydrogens is 343 g/mol. The summed E-state index contributed by atoms with van der Waals surface area (Å²) in [6.07, 6.45) is 2.58. The molecule has 0 saturated heterocycles. The number of halogens is 2. The zero-order valence-corrected chi connectivity index (χ0v) is 14.7. The number of rotatable bonds is 4. The van der Waals surface area contributed by atoms with Crippen LogP contribution in [0.2, 0.25) is 5.02 Å². The number of aromatic nitrogens is 1. The van der Waals surface area contributed by atoms with Crippen molar-refractivity contribution < 1.29 is 9.60 Å². The van der Waals surface area contributed by atoms with Crippen LogP contribution in [0.5, 0.6) is 0 Å². The standard InChI is InChI=1S/C18H18ClFN4O/c1-10(2)22-17-9-13-12(5-6-21-18(13)23-17)16(24-25)8-11-3-4-15(20)14(19)7-11/h3-7,10,25H,8-9H2,1-2H3,(H,21,22,23)/b24-16+. The molecular formula is C18H18ClFN4O. The van der Waals surface area contributed by atoms with Gasteiger partial charge in [0.2, 0.25) is 0 Å². The summed E-state index contributed by atoms with van der Waals surface area (Å²) < 4.78 is 13.3. The van der Waals surface area contributed by atoms with Crippen LogP contribution in [0, 0.1) is 5.82 Å². The maximum atomic E-state index is 13.3. The van der Waals surface area contributed by atoms with Gasteiger partial charge in [-0.15, -0.1) is 0 Å². The first-order valence-electron chi connectivity index (χ1n) is 7.94. The van der Waals surface area contributed by atoms with Gasteiger partial charge < -0.3 is 10.5 Å². The molecule has 5 nitrogen and oxygen atoms in total. The minimum atomic E-state index is -0.476. The predicted molar refractivity (Wildman–Crippen MR) is 97.6 cm³/mol. The highest BCUT2D eigenvalue weighted by Crippen LogP contribution is 2.26. The SMILES string of the molecule is CC(C)N=C1Cc2c(/C(Cc3ccc(F)c(Cl)c3)=N/O)ccnc2N1. The Bertz CT molecular complexity index is 864.